The number of ketones is 1. The van der Waals surface area contributed by atoms with Gasteiger partial charge in [-0.2, -0.15) is 5.11 Å². The van der Waals surface area contributed by atoms with Gasteiger partial charge < -0.3 is 4.98 Å². The maximum atomic E-state index is 12.8. The highest BCUT2D eigenvalue weighted by molar-refractivity contribution is 7.13. The molecule has 0 aliphatic heterocycles. The van der Waals surface area contributed by atoms with Gasteiger partial charge in [-0.05, 0) is 29.6 Å². The van der Waals surface area contributed by atoms with Gasteiger partial charge in [0.05, 0.1) is 21.8 Å². The number of benzene rings is 2. The molecule has 0 fully saturated rings. The van der Waals surface area contributed by atoms with Crippen LogP contribution in [0.2, 0.25) is 0 Å². The minimum Gasteiger partial charge on any atom is -0.319 e. The van der Waals surface area contributed by atoms with Crippen LogP contribution < -0.4 is 5.56 Å². The zero-order chi connectivity index (χ0) is 19.3. The Balaban J connectivity index is 1.83. The van der Waals surface area contributed by atoms with Crippen LogP contribution in [0.3, 0.4) is 0 Å². The predicted octanol–water partition coefficient (Wildman–Crippen LogP) is 5.75. The first-order valence-corrected chi connectivity index (χ1v) is 9.48. The Kier molecular flexibility index (Phi) is 5.03. The van der Waals surface area contributed by atoms with Crippen molar-refractivity contribution < 1.29 is 4.79 Å². The molecule has 0 atom stereocenters. The van der Waals surface area contributed by atoms with Crippen LogP contribution in [0, 0.1) is 0 Å². The van der Waals surface area contributed by atoms with Crippen molar-refractivity contribution in [2.24, 2.45) is 10.2 Å². The van der Waals surface area contributed by atoms with Crippen molar-refractivity contribution in [2.75, 3.05) is 0 Å². The highest BCUT2D eigenvalue weighted by Gasteiger charge is 2.17. The Labute approximate surface area is 165 Å². The number of pyridine rings is 1. The van der Waals surface area contributed by atoms with E-state index in [0.29, 0.717) is 22.6 Å². The monoisotopic (exact) mass is 385 g/mol. The summed E-state index contributed by atoms with van der Waals surface area (Å²) in [6, 6.07) is 23.3. The molecule has 2 heterocycles. The normalized spacial score (nSPS) is 11.0. The van der Waals surface area contributed by atoms with E-state index in [2.05, 4.69) is 15.2 Å². The average Bonchev–Trinajstić information content (AvgIpc) is 3.28. The fourth-order valence-electron chi connectivity index (χ4n) is 2.73. The number of carbonyl (C=O) groups is 1. The number of H-pyrrole nitrogens is 1. The molecule has 6 heteroatoms. The molecule has 5 nitrogen and oxygen atoms in total. The molecule has 0 bridgehead atoms. The highest BCUT2D eigenvalue weighted by atomic mass is 32.1. The molecule has 4 aromatic rings. The molecule has 0 unspecified atom stereocenters. The van der Waals surface area contributed by atoms with Crippen LogP contribution in [0.1, 0.15) is 15.9 Å². The first-order chi connectivity index (χ1) is 13.7. The number of aromatic nitrogens is 1. The number of hydrogen-bond donors (Lipinski definition) is 1. The molecule has 136 valence electrons. The maximum absolute atomic E-state index is 12.8. The van der Waals surface area contributed by atoms with Gasteiger partial charge in [0, 0.05) is 5.56 Å². The number of aromatic amines is 1. The van der Waals surface area contributed by atoms with E-state index in [1.165, 1.54) is 17.4 Å². The third-order valence-electron chi connectivity index (χ3n) is 4.10. The van der Waals surface area contributed by atoms with Gasteiger partial charge in [0.2, 0.25) is 0 Å². The fraction of sp³-hybridized carbons (Fsp3) is 0. The van der Waals surface area contributed by atoms with Gasteiger partial charge in [-0.3, -0.25) is 9.59 Å². The van der Waals surface area contributed by atoms with Crippen LogP contribution in [0.4, 0.5) is 11.4 Å². The van der Waals surface area contributed by atoms with Crippen molar-refractivity contribution >= 4 is 28.5 Å². The maximum Gasteiger partial charge on any atom is 0.259 e. The van der Waals surface area contributed by atoms with Crippen molar-refractivity contribution in [1.29, 1.82) is 0 Å². The lowest BCUT2D eigenvalue weighted by Crippen LogP contribution is -2.18. The molecular weight excluding hydrogens is 370 g/mol. The number of nitrogens with one attached hydrogen (secondary N) is 1. The van der Waals surface area contributed by atoms with Gasteiger partial charge in [-0.25, -0.2) is 0 Å². The SMILES string of the molecule is O=C(c1ccccc1)c1cc(N=Nc2ccccc2)c(-c2cccs2)[nH]c1=O. The van der Waals surface area contributed by atoms with Crippen molar-refractivity contribution in [3.05, 3.63) is 106 Å². The summed E-state index contributed by atoms with van der Waals surface area (Å²) >= 11 is 1.47. The first-order valence-electron chi connectivity index (χ1n) is 8.60. The van der Waals surface area contributed by atoms with Gasteiger partial charge in [-0.1, -0.05) is 54.6 Å². The Morgan fingerprint density at radius 1 is 0.857 bits per heavy atom. The van der Waals surface area contributed by atoms with Crippen LogP contribution in [-0.4, -0.2) is 10.8 Å². The van der Waals surface area contributed by atoms with Crippen LogP contribution in [0.25, 0.3) is 10.6 Å². The van der Waals surface area contributed by atoms with Gasteiger partial charge in [0.15, 0.2) is 5.78 Å². The van der Waals surface area contributed by atoms with Gasteiger partial charge in [-0.15, -0.1) is 16.5 Å². The third-order valence-corrected chi connectivity index (χ3v) is 4.99. The van der Waals surface area contributed by atoms with Crippen molar-refractivity contribution in [3.8, 4) is 10.6 Å². The van der Waals surface area contributed by atoms with Gasteiger partial charge in [0.1, 0.15) is 5.69 Å². The van der Waals surface area contributed by atoms with E-state index in [1.807, 2.05) is 53.9 Å². The highest BCUT2D eigenvalue weighted by Crippen LogP contribution is 2.32. The minimum absolute atomic E-state index is 0.0357. The summed E-state index contributed by atoms with van der Waals surface area (Å²) in [5.74, 6) is -0.351. The summed E-state index contributed by atoms with van der Waals surface area (Å²) < 4.78 is 0. The zero-order valence-corrected chi connectivity index (χ0v) is 15.5. The molecule has 1 N–H and O–H groups in total. The summed E-state index contributed by atoms with van der Waals surface area (Å²) in [5.41, 5.74) is 1.70. The van der Waals surface area contributed by atoms with Crippen LogP contribution in [0.15, 0.2) is 99.3 Å². The second kappa shape index (κ2) is 7.94. The zero-order valence-electron chi connectivity index (χ0n) is 14.7. The molecule has 0 aliphatic carbocycles. The van der Waals surface area contributed by atoms with E-state index in [9.17, 15) is 9.59 Å². The molecule has 0 aliphatic rings. The lowest BCUT2D eigenvalue weighted by Gasteiger charge is -2.06. The Hall–Kier alpha value is -3.64. The average molecular weight is 385 g/mol. The smallest absolute Gasteiger partial charge is 0.259 e. The molecule has 28 heavy (non-hydrogen) atoms. The Morgan fingerprint density at radius 3 is 2.25 bits per heavy atom. The van der Waals surface area contributed by atoms with Crippen molar-refractivity contribution in [1.82, 2.24) is 4.98 Å². The summed E-state index contributed by atoms with van der Waals surface area (Å²) in [5, 5.41) is 10.5. The van der Waals surface area contributed by atoms with E-state index in [4.69, 9.17) is 0 Å². The number of thiophene rings is 1. The molecular formula is C22H15N3O2S. The molecule has 4 rings (SSSR count). The molecule has 0 radical (unpaired) electrons. The van der Waals surface area contributed by atoms with Crippen molar-refractivity contribution in [3.63, 3.8) is 0 Å². The Morgan fingerprint density at radius 2 is 1.57 bits per heavy atom. The van der Waals surface area contributed by atoms with Crippen LogP contribution >= 0.6 is 11.3 Å². The molecule has 0 saturated heterocycles. The van der Waals surface area contributed by atoms with E-state index >= 15 is 0 Å². The number of nitrogens with zero attached hydrogens (tertiary/aromatic N) is 2. The largest absolute Gasteiger partial charge is 0.319 e. The second-order valence-corrected chi connectivity index (χ2v) is 6.93. The summed E-state index contributed by atoms with van der Waals surface area (Å²) in [6.45, 7) is 0. The summed E-state index contributed by atoms with van der Waals surface area (Å²) in [4.78, 5) is 29.1. The standard InChI is InChI=1S/C22H15N3O2S/c26-21(15-8-3-1-4-9-15)17-14-18(25-24-16-10-5-2-6-11-16)20(23-22(17)27)19-12-7-13-28-19/h1-14H,(H,23,27). The first kappa shape index (κ1) is 17.8. The van der Waals surface area contributed by atoms with Crippen molar-refractivity contribution in [2.45, 2.75) is 0 Å². The number of rotatable bonds is 5. The Bertz CT molecular complexity index is 1180. The van der Waals surface area contributed by atoms with Gasteiger partial charge >= 0.3 is 0 Å². The van der Waals surface area contributed by atoms with Gasteiger partial charge in [0.25, 0.3) is 5.56 Å². The number of azo groups is 1. The quantitative estimate of drug-likeness (QED) is 0.351. The van der Waals surface area contributed by atoms with E-state index < -0.39 is 5.56 Å². The molecule has 0 saturated carbocycles. The third kappa shape index (κ3) is 3.72. The van der Waals surface area contributed by atoms with Crippen LogP contribution in [0.5, 0.6) is 0 Å². The van der Waals surface area contributed by atoms with E-state index in [0.717, 1.165) is 4.88 Å². The van der Waals surface area contributed by atoms with E-state index in [1.54, 1.807) is 24.3 Å². The second-order valence-electron chi connectivity index (χ2n) is 5.98. The number of hydrogen-bond acceptors (Lipinski definition) is 5. The summed E-state index contributed by atoms with van der Waals surface area (Å²) in [6.07, 6.45) is 0. The van der Waals surface area contributed by atoms with E-state index in [-0.39, 0.29) is 11.3 Å². The summed E-state index contributed by atoms with van der Waals surface area (Å²) in [7, 11) is 0. The predicted molar refractivity (Wildman–Crippen MR) is 111 cm³/mol. The molecule has 0 amide bonds. The minimum atomic E-state index is -0.448. The topological polar surface area (TPSA) is 74.7 Å². The van der Waals surface area contributed by atoms with Crippen LogP contribution in [-0.2, 0) is 0 Å². The lowest BCUT2D eigenvalue weighted by molar-refractivity contribution is 0.103. The lowest BCUT2D eigenvalue weighted by atomic mass is 10.0. The molecule has 2 aromatic carbocycles. The number of carbonyl (C=O) groups excluding carboxylic acids is 1. The molecule has 2 aromatic heterocycles. The fourth-order valence-corrected chi connectivity index (χ4v) is 3.46. The molecule has 0 spiro atoms.